The molecule has 0 aliphatic rings. The van der Waals surface area contributed by atoms with Gasteiger partial charge in [0.05, 0.1) is 0 Å². The van der Waals surface area contributed by atoms with E-state index in [1.807, 2.05) is 19.0 Å². The molecular formula is C5H13LiN2O. The number of primary amides is 1. The van der Waals surface area contributed by atoms with E-state index in [0.29, 0.717) is 6.42 Å². The molecule has 0 aromatic heterocycles. The Balaban J connectivity index is -0.000000245. The van der Waals surface area contributed by atoms with Crippen LogP contribution in [0.1, 0.15) is 7.85 Å². The Morgan fingerprint density at radius 1 is 1.67 bits per heavy atom. The van der Waals surface area contributed by atoms with E-state index in [1.54, 1.807) is 0 Å². The Morgan fingerprint density at radius 3 is 2.22 bits per heavy atom. The molecule has 0 aromatic rings. The molecule has 50 valence electrons. The number of rotatable bonds is 3. The van der Waals surface area contributed by atoms with Gasteiger partial charge in [-0.25, -0.2) is 0 Å². The first-order chi connectivity index (χ1) is 3.63. The Kier molecular flexibility index (Phi) is 8.05. The predicted molar refractivity (Wildman–Crippen MR) is 33.5 cm³/mol. The van der Waals surface area contributed by atoms with Crippen LogP contribution in [0, 0.1) is 0 Å². The molecule has 0 aliphatic carbocycles. The summed E-state index contributed by atoms with van der Waals surface area (Å²) in [5, 5.41) is 0. The summed E-state index contributed by atoms with van der Waals surface area (Å²) in [4.78, 5) is 12.0. The van der Waals surface area contributed by atoms with Crippen molar-refractivity contribution in [2.24, 2.45) is 5.73 Å². The largest absolute Gasteiger partial charge is 1.00 e. The second-order valence-electron chi connectivity index (χ2n) is 2.02. The molecule has 9 heavy (non-hydrogen) atoms. The van der Waals surface area contributed by atoms with Gasteiger partial charge in [-0.05, 0) is 14.1 Å². The minimum atomic E-state index is -0.237. The van der Waals surface area contributed by atoms with E-state index in [4.69, 9.17) is 5.73 Å². The van der Waals surface area contributed by atoms with Crippen LogP contribution in [0.2, 0.25) is 0 Å². The Morgan fingerprint density at radius 2 is 2.11 bits per heavy atom. The molecule has 0 aliphatic heterocycles. The van der Waals surface area contributed by atoms with Gasteiger partial charge in [0.2, 0.25) is 5.91 Å². The van der Waals surface area contributed by atoms with E-state index in [0.717, 1.165) is 6.54 Å². The maximum absolute atomic E-state index is 10.1. The van der Waals surface area contributed by atoms with Gasteiger partial charge in [-0.1, -0.05) is 0 Å². The fourth-order valence-electron chi connectivity index (χ4n) is 0.334. The molecule has 1 amide bonds. The zero-order valence-corrected chi connectivity index (χ0v) is 6.35. The van der Waals surface area contributed by atoms with Crippen LogP contribution in [0.5, 0.6) is 0 Å². The number of amides is 1. The molecule has 0 spiro atoms. The van der Waals surface area contributed by atoms with Crippen molar-refractivity contribution in [3.05, 3.63) is 0 Å². The van der Waals surface area contributed by atoms with Crippen molar-refractivity contribution < 1.29 is 25.1 Å². The van der Waals surface area contributed by atoms with Gasteiger partial charge in [0.25, 0.3) is 0 Å². The molecular weight excluding hydrogens is 111 g/mol. The van der Waals surface area contributed by atoms with Crippen LogP contribution in [0.3, 0.4) is 0 Å². The van der Waals surface area contributed by atoms with Gasteiger partial charge >= 0.3 is 18.9 Å². The normalized spacial score (nSPS) is 8.78. The van der Waals surface area contributed by atoms with Crippen molar-refractivity contribution in [3.8, 4) is 0 Å². The third-order valence-electron chi connectivity index (χ3n) is 0.805. The van der Waals surface area contributed by atoms with E-state index in [2.05, 4.69) is 0 Å². The van der Waals surface area contributed by atoms with Crippen LogP contribution < -0.4 is 24.6 Å². The first-order valence-electron chi connectivity index (χ1n) is 2.56. The summed E-state index contributed by atoms with van der Waals surface area (Å²) in [7, 11) is 3.81. The van der Waals surface area contributed by atoms with Gasteiger partial charge in [0.1, 0.15) is 0 Å². The van der Waals surface area contributed by atoms with E-state index < -0.39 is 0 Å². The first kappa shape index (κ1) is 11.8. The zero-order valence-electron chi connectivity index (χ0n) is 7.35. The first-order valence-corrected chi connectivity index (χ1v) is 2.56. The van der Waals surface area contributed by atoms with E-state index >= 15 is 0 Å². The second kappa shape index (κ2) is 6.15. The standard InChI is InChI=1S/C5H12N2O.Li.H/c1-7(2)4-3-5(6)8;;/h3-4H2,1-2H3,(H2,6,8);;/q;+1;-1. The van der Waals surface area contributed by atoms with E-state index in [1.165, 1.54) is 0 Å². The van der Waals surface area contributed by atoms with Crippen molar-refractivity contribution in [2.45, 2.75) is 6.42 Å². The molecule has 0 saturated heterocycles. The molecule has 4 heteroatoms. The number of carbonyl (C=O) groups excluding carboxylic acids is 1. The molecule has 0 bridgehead atoms. The van der Waals surface area contributed by atoms with Crippen LogP contribution in [0.25, 0.3) is 0 Å². The maximum Gasteiger partial charge on any atom is 1.00 e. The molecule has 0 fully saturated rings. The number of nitrogens with two attached hydrogens (primary N) is 1. The van der Waals surface area contributed by atoms with E-state index in [9.17, 15) is 4.79 Å². The fourth-order valence-corrected chi connectivity index (χ4v) is 0.334. The van der Waals surface area contributed by atoms with Gasteiger partial charge < -0.3 is 12.1 Å². The summed E-state index contributed by atoms with van der Waals surface area (Å²) in [6.07, 6.45) is 0.451. The van der Waals surface area contributed by atoms with Crippen LogP contribution in [-0.2, 0) is 4.79 Å². The Bertz CT molecular complexity index is 89.7. The van der Waals surface area contributed by atoms with Crippen molar-refractivity contribution in [3.63, 3.8) is 0 Å². The molecule has 0 atom stereocenters. The van der Waals surface area contributed by atoms with E-state index in [-0.39, 0.29) is 26.2 Å². The van der Waals surface area contributed by atoms with Crippen molar-refractivity contribution in [1.29, 1.82) is 0 Å². The van der Waals surface area contributed by atoms with Gasteiger partial charge in [-0.3, -0.25) is 4.79 Å². The molecule has 0 unspecified atom stereocenters. The molecule has 0 saturated carbocycles. The van der Waals surface area contributed by atoms with Crippen LogP contribution in [0.4, 0.5) is 0 Å². The average Bonchev–Trinajstić information content (AvgIpc) is 1.61. The smallest absolute Gasteiger partial charge is 1.00 e. The zero-order chi connectivity index (χ0) is 6.57. The summed E-state index contributed by atoms with van der Waals surface area (Å²) in [5.74, 6) is -0.237. The van der Waals surface area contributed by atoms with Gasteiger partial charge in [-0.2, -0.15) is 0 Å². The predicted octanol–water partition coefficient (Wildman–Crippen LogP) is -3.46. The molecule has 2 N–H and O–H groups in total. The quantitative estimate of drug-likeness (QED) is 0.397. The second-order valence-corrected chi connectivity index (χ2v) is 2.02. The van der Waals surface area contributed by atoms with Crippen molar-refractivity contribution in [1.82, 2.24) is 4.90 Å². The van der Waals surface area contributed by atoms with Crippen LogP contribution in [-0.4, -0.2) is 31.4 Å². The van der Waals surface area contributed by atoms with Crippen molar-refractivity contribution in [2.75, 3.05) is 20.6 Å². The van der Waals surface area contributed by atoms with Crippen LogP contribution >= 0.6 is 0 Å². The fraction of sp³-hybridized carbons (Fsp3) is 0.800. The third kappa shape index (κ3) is 11.5. The molecule has 0 radical (unpaired) electrons. The summed E-state index contributed by atoms with van der Waals surface area (Å²) < 4.78 is 0. The molecule has 0 rings (SSSR count). The Labute approximate surface area is 69.2 Å². The minimum Gasteiger partial charge on any atom is -1.00 e. The minimum absolute atomic E-state index is 0. The van der Waals surface area contributed by atoms with Crippen LogP contribution in [0.15, 0.2) is 0 Å². The van der Waals surface area contributed by atoms with Gasteiger partial charge in [-0.15, -0.1) is 0 Å². The third-order valence-corrected chi connectivity index (χ3v) is 0.805. The average molecular weight is 124 g/mol. The summed E-state index contributed by atoms with van der Waals surface area (Å²) in [6, 6.07) is 0. The Hall–Kier alpha value is 0.0274. The molecule has 3 nitrogen and oxygen atoms in total. The molecule has 0 heterocycles. The number of hydrogen-bond donors (Lipinski definition) is 1. The number of carbonyl (C=O) groups is 1. The number of hydrogen-bond acceptors (Lipinski definition) is 2. The summed E-state index contributed by atoms with van der Waals surface area (Å²) in [6.45, 7) is 0.745. The maximum atomic E-state index is 10.1. The molecule has 0 aromatic carbocycles. The summed E-state index contributed by atoms with van der Waals surface area (Å²) >= 11 is 0. The monoisotopic (exact) mass is 124 g/mol. The topological polar surface area (TPSA) is 46.3 Å². The van der Waals surface area contributed by atoms with Gasteiger partial charge in [0, 0.05) is 13.0 Å². The van der Waals surface area contributed by atoms with Gasteiger partial charge in [0.15, 0.2) is 0 Å². The summed E-state index contributed by atoms with van der Waals surface area (Å²) in [5.41, 5.74) is 4.88. The van der Waals surface area contributed by atoms with Crippen molar-refractivity contribution >= 4 is 5.91 Å². The number of nitrogens with zero attached hydrogens (tertiary/aromatic N) is 1. The SMILES string of the molecule is CN(C)CCC(N)=O.[H-].[Li+].